The molecule has 1 fully saturated rings. The molecule has 6 nitrogen and oxygen atoms in total. The molecular weight excluding hydrogens is 349 g/mol. The molecule has 0 bridgehead atoms. The molecule has 0 aromatic heterocycles. The lowest BCUT2D eigenvalue weighted by Gasteiger charge is -2.13. The van der Waals surface area contributed by atoms with Crippen LogP contribution in [0.1, 0.15) is 0 Å². The van der Waals surface area contributed by atoms with Gasteiger partial charge in [-0.25, -0.2) is 14.0 Å². The van der Waals surface area contributed by atoms with Crippen molar-refractivity contribution in [2.75, 3.05) is 23.3 Å². The summed E-state index contributed by atoms with van der Waals surface area (Å²) in [6.45, 7) is 0.425. The Morgan fingerprint density at radius 2 is 1.88 bits per heavy atom. The van der Waals surface area contributed by atoms with Crippen LogP contribution in [0.4, 0.5) is 25.4 Å². The molecule has 2 aromatic carbocycles. The Morgan fingerprint density at radius 1 is 1.20 bits per heavy atom. The van der Waals surface area contributed by atoms with Gasteiger partial charge in [0.15, 0.2) is 0 Å². The highest BCUT2D eigenvalue weighted by Gasteiger charge is 2.32. The molecule has 3 amide bonds. The van der Waals surface area contributed by atoms with Crippen LogP contribution in [0.3, 0.4) is 0 Å². The van der Waals surface area contributed by atoms with Gasteiger partial charge in [-0.15, -0.1) is 0 Å². The maximum absolute atomic E-state index is 13.0. The maximum atomic E-state index is 13.0. The molecule has 2 N–H and O–H groups in total. The zero-order valence-corrected chi connectivity index (χ0v) is 13.8. The minimum atomic E-state index is -0.531. The summed E-state index contributed by atoms with van der Waals surface area (Å²) < 4.78 is 18.2. The van der Waals surface area contributed by atoms with Crippen LogP contribution < -0.4 is 15.5 Å². The van der Waals surface area contributed by atoms with Crippen LogP contribution in [-0.2, 0) is 4.74 Å². The molecule has 1 saturated heterocycles. The van der Waals surface area contributed by atoms with E-state index in [9.17, 15) is 14.0 Å². The minimum Gasteiger partial charge on any atom is -0.442 e. The van der Waals surface area contributed by atoms with Crippen LogP contribution in [0.5, 0.6) is 0 Å². The van der Waals surface area contributed by atoms with E-state index in [1.54, 1.807) is 24.3 Å². The van der Waals surface area contributed by atoms with Gasteiger partial charge in [-0.05, 0) is 48.5 Å². The number of carbonyl (C=O) groups is 2. The van der Waals surface area contributed by atoms with Gasteiger partial charge in [-0.2, -0.15) is 0 Å². The predicted molar refractivity (Wildman–Crippen MR) is 92.5 cm³/mol. The third kappa shape index (κ3) is 4.39. The summed E-state index contributed by atoms with van der Waals surface area (Å²) in [7, 11) is 0. The van der Waals surface area contributed by atoms with E-state index in [2.05, 4.69) is 10.6 Å². The van der Waals surface area contributed by atoms with Crippen molar-refractivity contribution in [1.29, 1.82) is 0 Å². The normalized spacial score (nSPS) is 16.5. The Morgan fingerprint density at radius 3 is 2.56 bits per heavy atom. The quantitative estimate of drug-likeness (QED) is 0.871. The molecule has 25 heavy (non-hydrogen) atoms. The van der Waals surface area contributed by atoms with E-state index in [0.717, 1.165) is 0 Å². The second-order valence-electron chi connectivity index (χ2n) is 5.43. The highest BCUT2D eigenvalue weighted by atomic mass is 35.5. The second kappa shape index (κ2) is 7.40. The van der Waals surface area contributed by atoms with Crippen molar-refractivity contribution >= 4 is 35.1 Å². The third-order valence-corrected chi connectivity index (χ3v) is 3.86. The van der Waals surface area contributed by atoms with Crippen LogP contribution in [0, 0.1) is 5.82 Å². The van der Waals surface area contributed by atoms with Crippen molar-refractivity contribution in [1.82, 2.24) is 5.32 Å². The average molecular weight is 364 g/mol. The summed E-state index contributed by atoms with van der Waals surface area (Å²) in [5, 5.41) is 5.87. The number of ether oxygens (including phenoxy) is 1. The largest absolute Gasteiger partial charge is 0.442 e. The molecule has 0 saturated carbocycles. The monoisotopic (exact) mass is 363 g/mol. The minimum absolute atomic E-state index is 0.156. The molecule has 1 aliphatic heterocycles. The molecule has 1 aliphatic rings. The number of hydrogen-bond donors (Lipinski definition) is 2. The summed E-state index contributed by atoms with van der Waals surface area (Å²) in [5.74, 6) is -0.381. The molecule has 1 heterocycles. The smallest absolute Gasteiger partial charge is 0.414 e. The molecule has 3 rings (SSSR count). The van der Waals surface area contributed by atoms with Crippen molar-refractivity contribution < 1.29 is 18.7 Å². The van der Waals surface area contributed by atoms with E-state index in [1.165, 1.54) is 29.2 Å². The van der Waals surface area contributed by atoms with Gasteiger partial charge in [-0.1, -0.05) is 11.6 Å². The van der Waals surface area contributed by atoms with Gasteiger partial charge in [0.1, 0.15) is 11.9 Å². The molecule has 0 spiro atoms. The van der Waals surface area contributed by atoms with Crippen molar-refractivity contribution in [2.45, 2.75) is 6.10 Å². The van der Waals surface area contributed by atoms with E-state index in [0.29, 0.717) is 16.4 Å². The van der Waals surface area contributed by atoms with Gasteiger partial charge in [0.25, 0.3) is 0 Å². The maximum Gasteiger partial charge on any atom is 0.414 e. The fraction of sp³-hybridized carbons (Fsp3) is 0.176. The van der Waals surface area contributed by atoms with Crippen molar-refractivity contribution in [3.8, 4) is 0 Å². The molecule has 2 aromatic rings. The highest BCUT2D eigenvalue weighted by Crippen LogP contribution is 2.21. The first-order chi connectivity index (χ1) is 12.0. The predicted octanol–water partition coefficient (Wildman–Crippen LogP) is 3.63. The van der Waals surface area contributed by atoms with E-state index in [-0.39, 0.29) is 18.9 Å². The van der Waals surface area contributed by atoms with Gasteiger partial charge < -0.3 is 15.4 Å². The van der Waals surface area contributed by atoms with Crippen molar-refractivity contribution in [3.63, 3.8) is 0 Å². The Labute approximate surface area is 148 Å². The van der Waals surface area contributed by atoms with Gasteiger partial charge in [-0.3, -0.25) is 4.90 Å². The summed E-state index contributed by atoms with van der Waals surface area (Å²) in [6, 6.07) is 11.8. The Kier molecular flexibility index (Phi) is 5.04. The zero-order chi connectivity index (χ0) is 17.8. The molecule has 0 aliphatic carbocycles. The average Bonchev–Trinajstić information content (AvgIpc) is 2.97. The number of urea groups is 1. The number of halogens is 2. The summed E-state index contributed by atoms with van der Waals surface area (Å²) in [6.07, 6.45) is -1.02. The van der Waals surface area contributed by atoms with E-state index >= 15 is 0 Å². The number of benzene rings is 2. The van der Waals surface area contributed by atoms with Gasteiger partial charge >= 0.3 is 12.1 Å². The number of rotatable bonds is 4. The first-order valence-corrected chi connectivity index (χ1v) is 7.93. The number of nitrogens with zero attached hydrogens (tertiary/aromatic N) is 1. The number of carbonyl (C=O) groups excluding carboxylic acids is 2. The summed E-state index contributed by atoms with van der Waals surface area (Å²) >= 11 is 5.78. The van der Waals surface area contributed by atoms with Crippen LogP contribution in [0.15, 0.2) is 48.5 Å². The van der Waals surface area contributed by atoms with Crippen molar-refractivity contribution in [3.05, 3.63) is 59.4 Å². The summed E-state index contributed by atoms with van der Waals surface area (Å²) in [4.78, 5) is 25.2. The first kappa shape index (κ1) is 17.0. The Bertz CT molecular complexity index is 768. The van der Waals surface area contributed by atoms with Gasteiger partial charge in [0, 0.05) is 16.4 Å². The number of amides is 3. The van der Waals surface area contributed by atoms with Gasteiger partial charge in [0.05, 0.1) is 13.1 Å². The van der Waals surface area contributed by atoms with Crippen LogP contribution in [0.2, 0.25) is 5.02 Å². The third-order valence-electron chi connectivity index (χ3n) is 3.60. The lowest BCUT2D eigenvalue weighted by Crippen LogP contribution is -2.37. The van der Waals surface area contributed by atoms with Gasteiger partial charge in [0.2, 0.25) is 0 Å². The lowest BCUT2D eigenvalue weighted by molar-refractivity contribution is 0.141. The Balaban J connectivity index is 1.50. The molecular formula is C17H15ClFN3O3. The molecule has 1 unspecified atom stereocenters. The van der Waals surface area contributed by atoms with Crippen LogP contribution in [0.25, 0.3) is 0 Å². The molecule has 0 radical (unpaired) electrons. The fourth-order valence-corrected chi connectivity index (χ4v) is 2.50. The molecule has 130 valence electrons. The number of anilines is 2. The number of nitrogens with one attached hydrogen (secondary N) is 2. The van der Waals surface area contributed by atoms with Crippen molar-refractivity contribution in [2.24, 2.45) is 0 Å². The lowest BCUT2D eigenvalue weighted by atomic mass is 10.2. The standard InChI is InChI=1S/C17H15ClFN3O3/c18-11-1-5-13(6-2-11)21-16(23)20-9-15-10-22(17(24)25-15)14-7-3-12(19)4-8-14/h1-8,15H,9-10H2,(H2,20,21,23). The zero-order valence-electron chi connectivity index (χ0n) is 13.0. The van der Waals surface area contributed by atoms with E-state index < -0.39 is 18.2 Å². The van der Waals surface area contributed by atoms with Crippen LogP contribution in [-0.4, -0.2) is 31.3 Å². The molecule has 8 heteroatoms. The topological polar surface area (TPSA) is 70.7 Å². The number of hydrogen-bond acceptors (Lipinski definition) is 3. The van der Waals surface area contributed by atoms with E-state index in [4.69, 9.17) is 16.3 Å². The second-order valence-corrected chi connectivity index (χ2v) is 5.87. The SMILES string of the molecule is O=C(NCC1CN(c2ccc(F)cc2)C(=O)O1)Nc1ccc(Cl)cc1. The summed E-state index contributed by atoms with van der Waals surface area (Å²) in [5.41, 5.74) is 1.14. The first-order valence-electron chi connectivity index (χ1n) is 7.55. The van der Waals surface area contributed by atoms with E-state index in [1.807, 2.05) is 0 Å². The highest BCUT2D eigenvalue weighted by molar-refractivity contribution is 6.30. The molecule has 1 atom stereocenters. The fourth-order valence-electron chi connectivity index (χ4n) is 2.37. The Hall–Kier alpha value is -2.80. The number of cyclic esters (lactones) is 1. The van der Waals surface area contributed by atoms with Crippen LogP contribution >= 0.6 is 11.6 Å².